The van der Waals surface area contributed by atoms with Crippen molar-refractivity contribution in [1.29, 1.82) is 0 Å². The fourth-order valence-corrected chi connectivity index (χ4v) is 9.81. The summed E-state index contributed by atoms with van der Waals surface area (Å²) in [5.41, 5.74) is 1.24. The van der Waals surface area contributed by atoms with Crippen LogP contribution < -0.4 is 8.83 Å². The van der Waals surface area contributed by atoms with Crippen molar-refractivity contribution in [2.24, 2.45) is 0 Å². The molecule has 1 aromatic carbocycles. The average molecular weight is 332 g/mol. The van der Waals surface area contributed by atoms with E-state index in [1.54, 1.807) is 0 Å². The molecule has 1 saturated heterocycles. The monoisotopic (exact) mass is 332 g/mol. The van der Waals surface area contributed by atoms with Crippen LogP contribution in [0.25, 0.3) is 0 Å². The van der Waals surface area contributed by atoms with Gasteiger partial charge >= 0.3 is 113 Å². The van der Waals surface area contributed by atoms with Crippen LogP contribution in [0, 0.1) is 0 Å². The Hall–Kier alpha value is -0.352. The van der Waals surface area contributed by atoms with Crippen molar-refractivity contribution >= 4 is 34.8 Å². The van der Waals surface area contributed by atoms with Gasteiger partial charge < -0.3 is 0 Å². The molecule has 0 aliphatic carbocycles. The van der Waals surface area contributed by atoms with Gasteiger partial charge in [-0.2, -0.15) is 0 Å². The second-order valence-corrected chi connectivity index (χ2v) is 12.4. The molecule has 4 nitrogen and oxygen atoms in total. The topological polar surface area (TPSA) is 54.4 Å². The zero-order chi connectivity index (χ0) is 13.6. The van der Waals surface area contributed by atoms with Gasteiger partial charge in [0.05, 0.1) is 0 Å². The summed E-state index contributed by atoms with van der Waals surface area (Å²) in [7, 11) is 2.55. The molecule has 2 unspecified atom stereocenters. The van der Waals surface area contributed by atoms with Crippen LogP contribution >= 0.6 is 0 Å². The molecule has 1 aromatic rings. The van der Waals surface area contributed by atoms with E-state index in [4.69, 9.17) is 4.55 Å². The van der Waals surface area contributed by atoms with Gasteiger partial charge in [-0.1, -0.05) is 0 Å². The van der Waals surface area contributed by atoms with E-state index < -0.39 is 24.8 Å². The van der Waals surface area contributed by atoms with Crippen LogP contribution in [0.5, 0.6) is 0 Å². The molecule has 18 heavy (non-hydrogen) atoms. The molecule has 0 saturated carbocycles. The summed E-state index contributed by atoms with van der Waals surface area (Å²) < 4.78 is 32.8. The number of hydrogen-bond donors (Lipinski definition) is 1. The van der Waals surface area contributed by atoms with Gasteiger partial charge in [0.1, 0.15) is 0 Å². The zero-order valence-corrected chi connectivity index (χ0v) is 13.6. The normalized spacial score (nSPS) is 24.0. The second kappa shape index (κ2) is 4.64. The van der Waals surface area contributed by atoms with Crippen molar-refractivity contribution in [3.05, 3.63) is 24.3 Å². The van der Waals surface area contributed by atoms with Crippen LogP contribution in [0.15, 0.2) is 24.3 Å². The van der Waals surface area contributed by atoms with Gasteiger partial charge in [-0.15, -0.1) is 0 Å². The van der Waals surface area contributed by atoms with E-state index in [2.05, 4.69) is 45.4 Å². The number of quaternary nitrogens is 1. The van der Waals surface area contributed by atoms with E-state index in [1.807, 2.05) is 0 Å². The summed E-state index contributed by atoms with van der Waals surface area (Å²) in [6, 6.07) is 8.49. The molecule has 1 heterocycles. The Morgan fingerprint density at radius 1 is 1.28 bits per heavy atom. The number of benzene rings is 1. The molecule has 0 aromatic heterocycles. The molecule has 2 atom stereocenters. The summed E-state index contributed by atoms with van der Waals surface area (Å²) in [6.07, 6.45) is 0. The second-order valence-electron chi connectivity index (χ2n) is 5.58. The molecule has 1 aliphatic rings. The van der Waals surface area contributed by atoms with Crippen LogP contribution in [-0.4, -0.2) is 54.5 Å². The maximum atomic E-state index is 10.8. The van der Waals surface area contributed by atoms with Crippen LogP contribution in [0.4, 0.5) is 5.69 Å². The quantitative estimate of drug-likeness (QED) is 0.505. The fourth-order valence-electron chi connectivity index (χ4n) is 1.97. The summed E-state index contributed by atoms with van der Waals surface area (Å²) in [5.74, 6) is -0.0515. The van der Waals surface area contributed by atoms with E-state index in [1.165, 1.54) is 10.0 Å². The molecule has 1 N–H and O–H groups in total. The van der Waals surface area contributed by atoms with E-state index in [0.29, 0.717) is 0 Å². The number of nitrogens with zero attached hydrogens (tertiary/aromatic N) is 1. The fraction of sp³-hybridized carbons (Fsp3) is 0.500. The minimum absolute atomic E-state index is 0.0515. The van der Waals surface area contributed by atoms with Crippen LogP contribution in [0.1, 0.15) is 0 Å². The molecular formula is C12H19AsNO3S+. The summed E-state index contributed by atoms with van der Waals surface area (Å²) in [5, 5.41) is 0.997. The first-order valence-corrected chi connectivity index (χ1v) is 10.8. The molecule has 1 aliphatic heterocycles. The predicted molar refractivity (Wildman–Crippen MR) is 76.4 cm³/mol. The first kappa shape index (κ1) is 14.1. The summed E-state index contributed by atoms with van der Waals surface area (Å²) in [4.78, 5) is 0. The van der Waals surface area contributed by atoms with Gasteiger partial charge in [0.2, 0.25) is 0 Å². The Bertz CT molecular complexity index is 533. The SMILES string of the molecule is C[N+](C)(C)c1ccc([As]2CC2CS(=O)(=O)O)cc1. The summed E-state index contributed by atoms with van der Waals surface area (Å²) in [6.45, 7) is 0. The van der Waals surface area contributed by atoms with Gasteiger partial charge in [0.15, 0.2) is 0 Å². The predicted octanol–water partition coefficient (Wildman–Crippen LogP) is 0.857. The zero-order valence-electron chi connectivity index (χ0n) is 10.9. The average Bonchev–Trinajstić information content (AvgIpc) is 2.93. The third-order valence-corrected chi connectivity index (χ3v) is 9.83. The van der Waals surface area contributed by atoms with Gasteiger partial charge in [0.25, 0.3) is 0 Å². The van der Waals surface area contributed by atoms with Crippen molar-refractivity contribution in [2.45, 2.75) is 9.91 Å². The Labute approximate surface area is 113 Å². The van der Waals surface area contributed by atoms with Gasteiger partial charge in [0, 0.05) is 0 Å². The first-order valence-electron chi connectivity index (χ1n) is 5.81. The molecule has 6 heteroatoms. The number of rotatable bonds is 4. The third-order valence-electron chi connectivity index (χ3n) is 3.07. The van der Waals surface area contributed by atoms with Crippen LogP contribution in [0.3, 0.4) is 0 Å². The van der Waals surface area contributed by atoms with Gasteiger partial charge in [-0.3, -0.25) is 0 Å². The van der Waals surface area contributed by atoms with Gasteiger partial charge in [-0.05, 0) is 0 Å². The molecule has 0 amide bonds. The Balaban J connectivity index is 2.05. The van der Waals surface area contributed by atoms with Crippen molar-refractivity contribution in [3.63, 3.8) is 0 Å². The molecule has 0 bridgehead atoms. The minimum atomic E-state index is -3.80. The van der Waals surface area contributed by atoms with Crippen molar-refractivity contribution in [2.75, 3.05) is 26.9 Å². The molecule has 0 radical (unpaired) electrons. The standard InChI is InChI=1S/C12H18AsNO3S/c1-14(2,3)12-6-4-10(5-7-12)13-8-11(13)9-18(15,16)17/h4-7,11H,8-9H2,1-3H3/p+1. The van der Waals surface area contributed by atoms with Crippen LogP contribution in [-0.2, 0) is 10.1 Å². The van der Waals surface area contributed by atoms with Crippen molar-refractivity contribution < 1.29 is 13.0 Å². The van der Waals surface area contributed by atoms with E-state index in [0.717, 1.165) is 9.69 Å². The molecule has 2 rings (SSSR count). The first-order chi connectivity index (χ1) is 8.17. The Morgan fingerprint density at radius 2 is 1.83 bits per heavy atom. The van der Waals surface area contributed by atoms with E-state index in [-0.39, 0.29) is 10.5 Å². The van der Waals surface area contributed by atoms with Crippen LogP contribution in [0.2, 0.25) is 9.91 Å². The summed E-state index contributed by atoms with van der Waals surface area (Å²) >= 11 is -1.18. The molecule has 1 fully saturated rings. The Kier molecular flexibility index (Phi) is 3.62. The van der Waals surface area contributed by atoms with Crippen molar-refractivity contribution in [3.8, 4) is 0 Å². The van der Waals surface area contributed by atoms with Crippen molar-refractivity contribution in [1.82, 2.24) is 4.48 Å². The van der Waals surface area contributed by atoms with E-state index >= 15 is 0 Å². The Morgan fingerprint density at radius 3 is 2.28 bits per heavy atom. The van der Waals surface area contributed by atoms with Gasteiger partial charge in [-0.25, -0.2) is 0 Å². The third kappa shape index (κ3) is 3.57. The molecule has 100 valence electrons. The molecule has 0 spiro atoms. The van der Waals surface area contributed by atoms with E-state index in [9.17, 15) is 8.42 Å². The number of hydrogen-bond acceptors (Lipinski definition) is 2. The maximum absolute atomic E-state index is 10.8. The molecular weight excluding hydrogens is 313 g/mol.